The molecule has 0 spiro atoms. The molecule has 0 atom stereocenters. The van der Waals surface area contributed by atoms with Crippen LogP contribution in [-0.2, 0) is 0 Å². The summed E-state index contributed by atoms with van der Waals surface area (Å²) in [5, 5.41) is 9.14. The number of benzene rings is 2. The van der Waals surface area contributed by atoms with Crippen molar-refractivity contribution < 1.29 is 4.74 Å². The molecule has 98 valence electrons. The molecule has 1 N–H and O–H groups in total. The van der Waals surface area contributed by atoms with Crippen LogP contribution in [0.25, 0.3) is 16.7 Å². The average Bonchev–Trinajstić information content (AvgIpc) is 2.83. The molecule has 1 aromatic heterocycles. The first-order valence-electron chi connectivity index (χ1n) is 6.03. The number of methoxy groups -OCH3 is 1. The number of nitrogens with zero attached hydrogens (tertiary/aromatic N) is 2. The number of ether oxygens (including phenoxy) is 1. The van der Waals surface area contributed by atoms with Crippen LogP contribution in [0.1, 0.15) is 5.56 Å². The number of rotatable bonds is 2. The second-order valence-corrected chi connectivity index (χ2v) is 4.66. The van der Waals surface area contributed by atoms with Gasteiger partial charge in [0.15, 0.2) is 4.77 Å². The Labute approximate surface area is 120 Å². The van der Waals surface area contributed by atoms with Crippen LogP contribution in [0.3, 0.4) is 0 Å². The molecule has 20 heavy (non-hydrogen) atoms. The highest BCUT2D eigenvalue weighted by Crippen LogP contribution is 2.23. The van der Waals surface area contributed by atoms with E-state index >= 15 is 0 Å². The molecule has 0 amide bonds. The first-order chi connectivity index (χ1) is 9.74. The van der Waals surface area contributed by atoms with Gasteiger partial charge in [-0.2, -0.15) is 5.26 Å². The highest BCUT2D eigenvalue weighted by Gasteiger charge is 2.09. The molecule has 0 aliphatic rings. The fourth-order valence-electron chi connectivity index (χ4n) is 2.21. The number of nitrogens with one attached hydrogen (secondary N) is 1. The molecule has 0 radical (unpaired) electrons. The van der Waals surface area contributed by atoms with E-state index in [0.29, 0.717) is 10.3 Å². The Morgan fingerprint density at radius 1 is 1.20 bits per heavy atom. The van der Waals surface area contributed by atoms with Crippen LogP contribution in [0.15, 0.2) is 42.5 Å². The van der Waals surface area contributed by atoms with E-state index in [-0.39, 0.29) is 0 Å². The van der Waals surface area contributed by atoms with Crippen LogP contribution >= 0.6 is 12.2 Å². The fraction of sp³-hybridized carbons (Fsp3) is 0.0667. The molecule has 4 nitrogen and oxygen atoms in total. The van der Waals surface area contributed by atoms with Crippen molar-refractivity contribution in [2.45, 2.75) is 0 Å². The Kier molecular flexibility index (Phi) is 3.01. The maximum Gasteiger partial charge on any atom is 0.182 e. The van der Waals surface area contributed by atoms with Crippen LogP contribution < -0.4 is 4.74 Å². The zero-order valence-electron chi connectivity index (χ0n) is 10.8. The van der Waals surface area contributed by atoms with Gasteiger partial charge in [-0.15, -0.1) is 0 Å². The molecule has 3 aromatic rings. The fourth-order valence-corrected chi connectivity index (χ4v) is 2.52. The number of para-hydroxylation sites is 1. The van der Waals surface area contributed by atoms with Gasteiger partial charge in [0.1, 0.15) is 11.8 Å². The lowest BCUT2D eigenvalue weighted by atomic mass is 10.2. The predicted molar refractivity (Wildman–Crippen MR) is 79.7 cm³/mol. The van der Waals surface area contributed by atoms with Gasteiger partial charge < -0.3 is 9.72 Å². The number of nitriles is 1. The highest BCUT2D eigenvalue weighted by molar-refractivity contribution is 7.71. The van der Waals surface area contributed by atoms with E-state index in [4.69, 9.17) is 22.2 Å². The molecule has 1 heterocycles. The van der Waals surface area contributed by atoms with E-state index in [0.717, 1.165) is 22.5 Å². The lowest BCUT2D eigenvalue weighted by Gasteiger charge is -2.06. The minimum Gasteiger partial charge on any atom is -0.497 e. The lowest BCUT2D eigenvalue weighted by Crippen LogP contribution is -1.94. The van der Waals surface area contributed by atoms with Crippen molar-refractivity contribution in [3.8, 4) is 17.5 Å². The normalized spacial score (nSPS) is 10.4. The average molecular weight is 281 g/mol. The van der Waals surface area contributed by atoms with Crippen LogP contribution in [0.4, 0.5) is 0 Å². The lowest BCUT2D eigenvalue weighted by molar-refractivity contribution is 0.415. The number of H-pyrrole nitrogens is 1. The molecular formula is C15H11N3OS. The maximum absolute atomic E-state index is 9.14. The molecule has 0 saturated heterocycles. The van der Waals surface area contributed by atoms with Crippen LogP contribution in [0.5, 0.6) is 5.75 Å². The zero-order valence-corrected chi connectivity index (χ0v) is 11.6. The second kappa shape index (κ2) is 4.83. The van der Waals surface area contributed by atoms with Gasteiger partial charge in [0.2, 0.25) is 0 Å². The van der Waals surface area contributed by atoms with Crippen LogP contribution in [-0.4, -0.2) is 16.7 Å². The van der Waals surface area contributed by atoms with Crippen molar-refractivity contribution in [1.29, 1.82) is 5.26 Å². The standard InChI is InChI=1S/C15H11N3OS/c1-19-12-7-5-11(6-8-12)18-13-4-2-3-10(9-16)14(13)17-15(18)20/h2-8H,1H3,(H,17,20). The summed E-state index contributed by atoms with van der Waals surface area (Å²) in [7, 11) is 1.63. The third-order valence-corrected chi connectivity index (χ3v) is 3.45. The molecule has 0 saturated carbocycles. The highest BCUT2D eigenvalue weighted by atomic mass is 32.1. The topological polar surface area (TPSA) is 53.7 Å². The number of imidazole rings is 1. The zero-order chi connectivity index (χ0) is 14.1. The van der Waals surface area contributed by atoms with Crippen molar-refractivity contribution in [3.05, 3.63) is 52.8 Å². The first kappa shape index (κ1) is 12.5. The number of hydrogen-bond donors (Lipinski definition) is 1. The van der Waals surface area contributed by atoms with Crippen molar-refractivity contribution in [2.24, 2.45) is 0 Å². The molecule has 0 unspecified atom stereocenters. The van der Waals surface area contributed by atoms with E-state index in [1.807, 2.05) is 41.0 Å². The summed E-state index contributed by atoms with van der Waals surface area (Å²) in [5.41, 5.74) is 3.16. The van der Waals surface area contributed by atoms with Gasteiger partial charge in [0.25, 0.3) is 0 Å². The van der Waals surface area contributed by atoms with Crippen molar-refractivity contribution in [2.75, 3.05) is 7.11 Å². The minimum atomic E-state index is 0.563. The summed E-state index contributed by atoms with van der Waals surface area (Å²) in [4.78, 5) is 3.10. The predicted octanol–water partition coefficient (Wildman–Crippen LogP) is 3.57. The summed E-state index contributed by atoms with van der Waals surface area (Å²) >= 11 is 5.37. The maximum atomic E-state index is 9.14. The van der Waals surface area contributed by atoms with Gasteiger partial charge in [-0.05, 0) is 48.6 Å². The van der Waals surface area contributed by atoms with Gasteiger partial charge in [-0.1, -0.05) is 6.07 Å². The van der Waals surface area contributed by atoms with Gasteiger partial charge in [-0.3, -0.25) is 4.57 Å². The largest absolute Gasteiger partial charge is 0.497 e. The summed E-state index contributed by atoms with van der Waals surface area (Å²) in [5.74, 6) is 0.790. The molecule has 0 aliphatic heterocycles. The summed E-state index contributed by atoms with van der Waals surface area (Å²) in [6.45, 7) is 0. The van der Waals surface area contributed by atoms with Crippen molar-refractivity contribution in [3.63, 3.8) is 0 Å². The minimum absolute atomic E-state index is 0.563. The van der Waals surface area contributed by atoms with E-state index in [1.54, 1.807) is 13.2 Å². The Balaban J connectivity index is 2.28. The van der Waals surface area contributed by atoms with Crippen LogP contribution in [0.2, 0.25) is 0 Å². The molecular weight excluding hydrogens is 270 g/mol. The monoisotopic (exact) mass is 281 g/mol. The molecule has 0 fully saturated rings. The Hall–Kier alpha value is -2.58. The van der Waals surface area contributed by atoms with E-state index in [9.17, 15) is 0 Å². The quantitative estimate of drug-likeness (QED) is 0.731. The Bertz CT molecular complexity index is 869. The van der Waals surface area contributed by atoms with Gasteiger partial charge >= 0.3 is 0 Å². The van der Waals surface area contributed by atoms with Crippen molar-refractivity contribution in [1.82, 2.24) is 9.55 Å². The van der Waals surface area contributed by atoms with Crippen LogP contribution in [0, 0.1) is 16.1 Å². The molecule has 2 aromatic carbocycles. The number of aromatic amines is 1. The molecule has 5 heteroatoms. The van der Waals surface area contributed by atoms with Crippen molar-refractivity contribution >= 4 is 23.3 Å². The summed E-state index contributed by atoms with van der Waals surface area (Å²) < 4.78 is 7.63. The van der Waals surface area contributed by atoms with Gasteiger partial charge in [0, 0.05) is 5.69 Å². The number of hydrogen-bond acceptors (Lipinski definition) is 3. The summed E-state index contributed by atoms with van der Waals surface area (Å²) in [6.07, 6.45) is 0. The van der Waals surface area contributed by atoms with Gasteiger partial charge in [0.05, 0.1) is 23.7 Å². The SMILES string of the molecule is COc1ccc(-n2c(=S)[nH]c3c(C#N)cccc32)cc1. The second-order valence-electron chi connectivity index (χ2n) is 4.28. The smallest absolute Gasteiger partial charge is 0.182 e. The number of fused-ring (bicyclic) bond motifs is 1. The molecule has 0 aliphatic carbocycles. The summed E-state index contributed by atoms with van der Waals surface area (Å²) in [6, 6.07) is 15.3. The van der Waals surface area contributed by atoms with E-state index < -0.39 is 0 Å². The van der Waals surface area contributed by atoms with E-state index in [1.165, 1.54) is 0 Å². The Morgan fingerprint density at radius 3 is 2.60 bits per heavy atom. The third kappa shape index (κ3) is 1.87. The van der Waals surface area contributed by atoms with E-state index in [2.05, 4.69) is 11.1 Å². The molecule has 0 bridgehead atoms. The first-order valence-corrected chi connectivity index (χ1v) is 6.43. The molecule has 3 rings (SSSR count). The van der Waals surface area contributed by atoms with Gasteiger partial charge in [-0.25, -0.2) is 0 Å². The Morgan fingerprint density at radius 2 is 1.95 bits per heavy atom. The number of aromatic nitrogens is 2. The third-order valence-electron chi connectivity index (χ3n) is 3.17.